The van der Waals surface area contributed by atoms with Crippen molar-refractivity contribution in [2.75, 3.05) is 13.1 Å². The average molecular weight is 318 g/mol. The highest BCUT2D eigenvalue weighted by Crippen LogP contribution is 2.29. The van der Waals surface area contributed by atoms with E-state index in [1.807, 2.05) is 6.92 Å². The molecule has 7 heteroatoms. The van der Waals surface area contributed by atoms with Crippen molar-refractivity contribution in [3.05, 3.63) is 29.3 Å². The van der Waals surface area contributed by atoms with E-state index in [1.165, 1.54) is 10.4 Å². The van der Waals surface area contributed by atoms with E-state index in [0.717, 1.165) is 18.9 Å². The van der Waals surface area contributed by atoms with Gasteiger partial charge in [-0.1, -0.05) is 6.92 Å². The highest BCUT2D eigenvalue weighted by Gasteiger charge is 2.35. The number of benzene rings is 1. The van der Waals surface area contributed by atoms with E-state index in [-0.39, 0.29) is 6.04 Å². The fourth-order valence-corrected chi connectivity index (χ4v) is 4.39. The number of sulfonamides is 1. The van der Waals surface area contributed by atoms with Crippen molar-refractivity contribution in [2.24, 2.45) is 0 Å². The average Bonchev–Trinajstić information content (AvgIpc) is 2.86. The van der Waals surface area contributed by atoms with Gasteiger partial charge in [-0.3, -0.25) is 0 Å². The van der Waals surface area contributed by atoms with Crippen molar-refractivity contribution in [3.63, 3.8) is 0 Å². The third-order valence-electron chi connectivity index (χ3n) is 3.71. The lowest BCUT2D eigenvalue weighted by molar-refractivity contribution is 0.401. The molecule has 4 nitrogen and oxygen atoms in total. The maximum Gasteiger partial charge on any atom is 0.246 e. The lowest BCUT2D eigenvalue weighted by Crippen LogP contribution is -2.34. The van der Waals surface area contributed by atoms with Gasteiger partial charge in [0.15, 0.2) is 11.6 Å². The number of nitrogens with zero attached hydrogens (tertiary/aromatic N) is 1. The predicted octanol–water partition coefficient (Wildman–Crippen LogP) is 2.25. The van der Waals surface area contributed by atoms with Crippen LogP contribution in [-0.2, 0) is 16.6 Å². The maximum atomic E-state index is 14.0. The summed E-state index contributed by atoms with van der Waals surface area (Å²) in [7, 11) is -4.00. The third kappa shape index (κ3) is 3.25. The minimum absolute atomic E-state index is 0.185. The van der Waals surface area contributed by atoms with E-state index in [4.69, 9.17) is 0 Å². The van der Waals surface area contributed by atoms with E-state index < -0.39 is 26.6 Å². The summed E-state index contributed by atoms with van der Waals surface area (Å²) in [6.45, 7) is 4.96. The Labute approximate surface area is 124 Å². The Morgan fingerprint density at radius 1 is 1.38 bits per heavy atom. The van der Waals surface area contributed by atoms with E-state index in [9.17, 15) is 17.2 Å². The molecule has 1 fully saturated rings. The van der Waals surface area contributed by atoms with Gasteiger partial charge in [-0.25, -0.2) is 17.2 Å². The Morgan fingerprint density at radius 2 is 2.10 bits per heavy atom. The van der Waals surface area contributed by atoms with Crippen molar-refractivity contribution in [2.45, 2.75) is 44.2 Å². The summed E-state index contributed by atoms with van der Waals surface area (Å²) in [5.41, 5.74) is 0.418. The van der Waals surface area contributed by atoms with Gasteiger partial charge in [0, 0.05) is 19.1 Å². The van der Waals surface area contributed by atoms with Crippen molar-refractivity contribution in [1.82, 2.24) is 9.62 Å². The molecule has 1 aliphatic heterocycles. The number of halogens is 2. The van der Waals surface area contributed by atoms with Gasteiger partial charge in [-0.05, 0) is 44.0 Å². The molecule has 0 radical (unpaired) electrons. The molecule has 1 saturated heterocycles. The predicted molar refractivity (Wildman–Crippen MR) is 76.3 cm³/mol. The molecule has 21 heavy (non-hydrogen) atoms. The molecule has 0 aromatic heterocycles. The van der Waals surface area contributed by atoms with Crippen LogP contribution in [0.4, 0.5) is 8.78 Å². The number of hydrogen-bond donors (Lipinski definition) is 1. The maximum absolute atomic E-state index is 14.0. The number of hydrogen-bond acceptors (Lipinski definition) is 3. The Hall–Kier alpha value is -1.05. The second-order valence-corrected chi connectivity index (χ2v) is 7.14. The molecule has 1 aliphatic rings. The molecule has 1 unspecified atom stereocenters. The molecular weight excluding hydrogens is 298 g/mol. The van der Waals surface area contributed by atoms with Crippen molar-refractivity contribution in [3.8, 4) is 0 Å². The minimum atomic E-state index is -4.00. The minimum Gasteiger partial charge on any atom is -0.313 e. The Bertz CT molecular complexity index is 620. The smallest absolute Gasteiger partial charge is 0.246 e. The van der Waals surface area contributed by atoms with E-state index in [1.54, 1.807) is 6.92 Å². The molecule has 2 rings (SSSR count). The Balaban J connectivity index is 2.44. The van der Waals surface area contributed by atoms with Crippen LogP contribution in [0.3, 0.4) is 0 Å². The van der Waals surface area contributed by atoms with Crippen LogP contribution in [0.1, 0.15) is 32.3 Å². The summed E-state index contributed by atoms with van der Waals surface area (Å²) < 4.78 is 54.0. The normalized spacial score (nSPS) is 20.1. The first-order chi connectivity index (χ1) is 9.87. The van der Waals surface area contributed by atoms with Gasteiger partial charge >= 0.3 is 0 Å². The van der Waals surface area contributed by atoms with Crippen LogP contribution in [0, 0.1) is 11.6 Å². The second-order valence-electron chi connectivity index (χ2n) is 5.28. The summed E-state index contributed by atoms with van der Waals surface area (Å²) in [5, 5.41) is 2.97. The first-order valence-corrected chi connectivity index (χ1v) is 8.52. The van der Waals surface area contributed by atoms with Crippen molar-refractivity contribution < 1.29 is 17.2 Å². The monoisotopic (exact) mass is 318 g/mol. The van der Waals surface area contributed by atoms with Gasteiger partial charge in [0.25, 0.3) is 0 Å². The molecule has 118 valence electrons. The molecule has 1 heterocycles. The van der Waals surface area contributed by atoms with E-state index in [2.05, 4.69) is 5.32 Å². The van der Waals surface area contributed by atoms with E-state index >= 15 is 0 Å². The third-order valence-corrected chi connectivity index (χ3v) is 5.73. The quantitative estimate of drug-likeness (QED) is 0.906. The standard InChI is InChI=1S/C14H20F2N2O2S/c1-3-17-9-11-7-12(15)14(16)13(8-11)21(19,20)18-6-4-5-10(18)2/h7-8,10,17H,3-6,9H2,1-2H3. The summed E-state index contributed by atoms with van der Waals surface area (Å²) in [6, 6.07) is 2.07. The fraction of sp³-hybridized carbons (Fsp3) is 0.571. The Kier molecular flexibility index (Phi) is 4.95. The number of nitrogens with one attached hydrogen (secondary N) is 1. The summed E-state index contributed by atoms with van der Waals surface area (Å²) in [4.78, 5) is -0.566. The van der Waals surface area contributed by atoms with Crippen LogP contribution in [0.25, 0.3) is 0 Å². The van der Waals surface area contributed by atoms with Crippen LogP contribution in [-0.4, -0.2) is 31.9 Å². The molecular formula is C14H20F2N2O2S. The second kappa shape index (κ2) is 6.37. The molecule has 1 aromatic carbocycles. The van der Waals surface area contributed by atoms with E-state index in [0.29, 0.717) is 25.2 Å². The first-order valence-electron chi connectivity index (χ1n) is 7.08. The van der Waals surface area contributed by atoms with Gasteiger partial charge in [0.05, 0.1) is 0 Å². The molecule has 0 bridgehead atoms. The molecule has 0 aliphatic carbocycles. The van der Waals surface area contributed by atoms with Crippen LogP contribution in [0.5, 0.6) is 0 Å². The number of rotatable bonds is 5. The van der Waals surface area contributed by atoms with Crippen LogP contribution >= 0.6 is 0 Å². The highest BCUT2D eigenvalue weighted by atomic mass is 32.2. The van der Waals surface area contributed by atoms with Gasteiger partial charge in [0.2, 0.25) is 10.0 Å². The van der Waals surface area contributed by atoms with Crippen LogP contribution < -0.4 is 5.32 Å². The van der Waals surface area contributed by atoms with Gasteiger partial charge in [-0.2, -0.15) is 4.31 Å². The van der Waals surface area contributed by atoms with Crippen molar-refractivity contribution >= 4 is 10.0 Å². The summed E-state index contributed by atoms with van der Waals surface area (Å²) >= 11 is 0. The molecule has 1 atom stereocenters. The first kappa shape index (κ1) is 16.3. The largest absolute Gasteiger partial charge is 0.313 e. The zero-order valence-electron chi connectivity index (χ0n) is 12.2. The SMILES string of the molecule is CCNCc1cc(F)c(F)c(S(=O)(=O)N2CCCC2C)c1. The lowest BCUT2D eigenvalue weighted by Gasteiger charge is -2.21. The van der Waals surface area contributed by atoms with Crippen molar-refractivity contribution in [1.29, 1.82) is 0 Å². The highest BCUT2D eigenvalue weighted by molar-refractivity contribution is 7.89. The van der Waals surface area contributed by atoms with Crippen LogP contribution in [0.2, 0.25) is 0 Å². The lowest BCUT2D eigenvalue weighted by atomic mass is 10.2. The molecule has 1 N–H and O–H groups in total. The molecule has 0 amide bonds. The summed E-state index contributed by atoms with van der Waals surface area (Å²) in [5.74, 6) is -2.43. The van der Waals surface area contributed by atoms with Gasteiger partial charge < -0.3 is 5.32 Å². The molecule has 0 spiro atoms. The summed E-state index contributed by atoms with van der Waals surface area (Å²) in [6.07, 6.45) is 1.47. The molecule has 0 saturated carbocycles. The topological polar surface area (TPSA) is 49.4 Å². The van der Waals surface area contributed by atoms with Crippen LogP contribution in [0.15, 0.2) is 17.0 Å². The zero-order valence-corrected chi connectivity index (χ0v) is 13.0. The van der Waals surface area contributed by atoms with Gasteiger partial charge in [0.1, 0.15) is 4.90 Å². The Morgan fingerprint density at radius 3 is 2.67 bits per heavy atom. The molecule has 1 aromatic rings. The zero-order chi connectivity index (χ0) is 15.6. The van der Waals surface area contributed by atoms with Gasteiger partial charge in [-0.15, -0.1) is 0 Å². The fourth-order valence-electron chi connectivity index (χ4n) is 2.57.